The standard InChI is InChI=1S/C10H24NP/c1-3-8-12(9-4-2)10-6-5-7-11/h3-11H2,1-2H3. The van der Waals surface area contributed by atoms with Gasteiger partial charge in [-0.15, -0.1) is 7.92 Å². The van der Waals surface area contributed by atoms with E-state index in [1.165, 1.54) is 44.2 Å². The van der Waals surface area contributed by atoms with Crippen molar-refractivity contribution >= 4 is 7.92 Å². The molecule has 0 aromatic heterocycles. The molecular formula is C10H24NP. The molecule has 0 spiro atoms. The van der Waals surface area contributed by atoms with Gasteiger partial charge in [-0.2, -0.15) is 0 Å². The SMILES string of the molecule is CCCP(CCC)CCCCN. The molecule has 0 aromatic rings. The zero-order valence-electron chi connectivity index (χ0n) is 8.68. The quantitative estimate of drug-likeness (QED) is 0.461. The van der Waals surface area contributed by atoms with Gasteiger partial charge < -0.3 is 5.73 Å². The zero-order valence-corrected chi connectivity index (χ0v) is 9.58. The largest absolute Gasteiger partial charge is 0.330 e. The Hall–Kier alpha value is 0.390. The van der Waals surface area contributed by atoms with Crippen LogP contribution in [-0.4, -0.2) is 25.0 Å². The van der Waals surface area contributed by atoms with Crippen LogP contribution in [0.1, 0.15) is 39.5 Å². The summed E-state index contributed by atoms with van der Waals surface area (Å²) in [5.74, 6) is 0. The Bertz CT molecular complexity index is 79.9. The fourth-order valence-electron chi connectivity index (χ4n) is 1.45. The normalized spacial score (nSPS) is 11.0. The van der Waals surface area contributed by atoms with Gasteiger partial charge in [-0.1, -0.05) is 26.7 Å². The highest BCUT2D eigenvalue weighted by molar-refractivity contribution is 7.57. The van der Waals surface area contributed by atoms with Crippen molar-refractivity contribution in [1.29, 1.82) is 0 Å². The van der Waals surface area contributed by atoms with Gasteiger partial charge in [0.1, 0.15) is 0 Å². The molecule has 0 saturated carbocycles. The molecule has 0 saturated heterocycles. The molecule has 1 nitrogen and oxygen atoms in total. The van der Waals surface area contributed by atoms with Crippen molar-refractivity contribution in [2.75, 3.05) is 25.0 Å². The Kier molecular flexibility index (Phi) is 9.79. The van der Waals surface area contributed by atoms with Crippen LogP contribution in [0.15, 0.2) is 0 Å². The van der Waals surface area contributed by atoms with E-state index in [-0.39, 0.29) is 0 Å². The molecule has 2 N–H and O–H groups in total. The average molecular weight is 189 g/mol. The van der Waals surface area contributed by atoms with Crippen LogP contribution in [0.2, 0.25) is 0 Å². The first kappa shape index (κ1) is 12.4. The third kappa shape index (κ3) is 7.06. The molecule has 0 atom stereocenters. The Balaban J connectivity index is 3.34. The van der Waals surface area contributed by atoms with Crippen LogP contribution in [0, 0.1) is 0 Å². The van der Waals surface area contributed by atoms with E-state index in [1.807, 2.05) is 0 Å². The van der Waals surface area contributed by atoms with Crippen LogP contribution < -0.4 is 5.73 Å². The summed E-state index contributed by atoms with van der Waals surface area (Å²) >= 11 is 0. The zero-order chi connectivity index (χ0) is 9.23. The first-order valence-electron chi connectivity index (χ1n) is 5.27. The lowest BCUT2D eigenvalue weighted by Gasteiger charge is -2.15. The minimum absolute atomic E-state index is 0.372. The van der Waals surface area contributed by atoms with E-state index in [0.29, 0.717) is 7.92 Å². The lowest BCUT2D eigenvalue weighted by molar-refractivity contribution is 0.808. The minimum atomic E-state index is 0.372. The third-order valence-corrected chi connectivity index (χ3v) is 5.12. The maximum Gasteiger partial charge on any atom is -0.00772 e. The molecule has 0 fully saturated rings. The summed E-state index contributed by atoms with van der Waals surface area (Å²) in [6.45, 7) is 5.48. The van der Waals surface area contributed by atoms with E-state index in [1.54, 1.807) is 0 Å². The predicted molar refractivity (Wildman–Crippen MR) is 60.4 cm³/mol. The van der Waals surface area contributed by atoms with Crippen molar-refractivity contribution in [2.24, 2.45) is 5.73 Å². The molecule has 0 aliphatic heterocycles. The third-order valence-electron chi connectivity index (χ3n) is 2.01. The molecule has 0 amide bonds. The van der Waals surface area contributed by atoms with Crippen molar-refractivity contribution in [1.82, 2.24) is 0 Å². The maximum atomic E-state index is 5.47. The van der Waals surface area contributed by atoms with Gasteiger partial charge in [-0.05, 0) is 37.9 Å². The summed E-state index contributed by atoms with van der Waals surface area (Å²) in [6, 6.07) is 0. The van der Waals surface area contributed by atoms with Crippen molar-refractivity contribution in [3.63, 3.8) is 0 Å². The lowest BCUT2D eigenvalue weighted by atomic mass is 10.3. The van der Waals surface area contributed by atoms with Gasteiger partial charge in [0, 0.05) is 0 Å². The van der Waals surface area contributed by atoms with Gasteiger partial charge in [-0.3, -0.25) is 0 Å². The van der Waals surface area contributed by atoms with Crippen molar-refractivity contribution in [3.8, 4) is 0 Å². The molecule has 0 heterocycles. The van der Waals surface area contributed by atoms with Crippen LogP contribution in [0.4, 0.5) is 0 Å². The van der Waals surface area contributed by atoms with E-state index in [9.17, 15) is 0 Å². The second kappa shape index (κ2) is 9.48. The van der Waals surface area contributed by atoms with E-state index < -0.39 is 0 Å². The van der Waals surface area contributed by atoms with E-state index >= 15 is 0 Å². The van der Waals surface area contributed by atoms with Gasteiger partial charge in [-0.25, -0.2) is 0 Å². The van der Waals surface area contributed by atoms with Crippen molar-refractivity contribution in [3.05, 3.63) is 0 Å². The summed E-state index contributed by atoms with van der Waals surface area (Å²) in [4.78, 5) is 0. The molecule has 0 rings (SSSR count). The lowest BCUT2D eigenvalue weighted by Crippen LogP contribution is -2.01. The van der Waals surface area contributed by atoms with Gasteiger partial charge in [0.05, 0.1) is 0 Å². The number of rotatable bonds is 8. The van der Waals surface area contributed by atoms with Crippen LogP contribution in [0.25, 0.3) is 0 Å². The highest BCUT2D eigenvalue weighted by atomic mass is 31.1. The van der Waals surface area contributed by atoms with Crippen LogP contribution in [0.5, 0.6) is 0 Å². The van der Waals surface area contributed by atoms with Crippen LogP contribution in [0.3, 0.4) is 0 Å². The fraction of sp³-hybridized carbons (Fsp3) is 1.00. The molecule has 0 unspecified atom stereocenters. The predicted octanol–water partition coefficient (Wildman–Crippen LogP) is 3.03. The Morgan fingerprint density at radius 3 is 1.92 bits per heavy atom. The molecule has 0 aromatic carbocycles. The number of hydrogen-bond acceptors (Lipinski definition) is 1. The molecular weight excluding hydrogens is 165 g/mol. The topological polar surface area (TPSA) is 26.0 Å². The van der Waals surface area contributed by atoms with Crippen LogP contribution in [-0.2, 0) is 0 Å². The molecule has 2 heteroatoms. The first-order chi connectivity index (χ1) is 5.85. The Morgan fingerprint density at radius 2 is 1.50 bits per heavy atom. The van der Waals surface area contributed by atoms with E-state index in [4.69, 9.17) is 5.73 Å². The highest BCUT2D eigenvalue weighted by Crippen LogP contribution is 2.37. The summed E-state index contributed by atoms with van der Waals surface area (Å²) in [6.07, 6.45) is 9.76. The van der Waals surface area contributed by atoms with Gasteiger partial charge in [0.2, 0.25) is 0 Å². The van der Waals surface area contributed by atoms with E-state index in [2.05, 4.69) is 13.8 Å². The van der Waals surface area contributed by atoms with Crippen LogP contribution >= 0.6 is 7.92 Å². The number of unbranched alkanes of at least 4 members (excludes halogenated alkanes) is 1. The Morgan fingerprint density at radius 1 is 0.917 bits per heavy atom. The van der Waals surface area contributed by atoms with Crippen molar-refractivity contribution < 1.29 is 0 Å². The second-order valence-corrected chi connectivity index (χ2v) is 6.02. The maximum absolute atomic E-state index is 5.47. The molecule has 12 heavy (non-hydrogen) atoms. The molecule has 0 aliphatic carbocycles. The summed E-state index contributed by atoms with van der Waals surface area (Å²) in [5, 5.41) is 0. The smallest absolute Gasteiger partial charge is 0.00772 e. The summed E-state index contributed by atoms with van der Waals surface area (Å²) in [5.41, 5.74) is 5.47. The van der Waals surface area contributed by atoms with Crippen molar-refractivity contribution in [2.45, 2.75) is 39.5 Å². The second-order valence-electron chi connectivity index (χ2n) is 3.34. The highest BCUT2D eigenvalue weighted by Gasteiger charge is 2.04. The monoisotopic (exact) mass is 189 g/mol. The molecule has 0 radical (unpaired) electrons. The molecule has 74 valence electrons. The average Bonchev–Trinajstić information content (AvgIpc) is 2.06. The number of nitrogens with two attached hydrogens (primary N) is 1. The van der Waals surface area contributed by atoms with Gasteiger partial charge in [0.25, 0.3) is 0 Å². The van der Waals surface area contributed by atoms with E-state index in [0.717, 1.165) is 6.54 Å². The first-order valence-corrected chi connectivity index (χ1v) is 7.17. The minimum Gasteiger partial charge on any atom is -0.330 e. The Labute approximate surface area is 78.9 Å². The molecule has 0 bridgehead atoms. The fourth-order valence-corrected chi connectivity index (χ4v) is 4.05. The van der Waals surface area contributed by atoms with Gasteiger partial charge in [0.15, 0.2) is 0 Å². The molecule has 0 aliphatic rings. The van der Waals surface area contributed by atoms with Gasteiger partial charge >= 0.3 is 0 Å². The number of hydrogen-bond donors (Lipinski definition) is 1. The summed E-state index contributed by atoms with van der Waals surface area (Å²) < 4.78 is 0. The summed E-state index contributed by atoms with van der Waals surface area (Å²) in [7, 11) is 0.372.